The molecule has 1 heterocycles. The molecular formula is C14H26N2O4S. The Hall–Kier alpha value is -0.660. The normalized spacial score (nSPS) is 34.8. The molecule has 1 aliphatic heterocycles. The fourth-order valence-corrected chi connectivity index (χ4v) is 5.44. The molecule has 7 heteroatoms. The van der Waals surface area contributed by atoms with Crippen LogP contribution in [0.4, 0.5) is 0 Å². The molecule has 2 rings (SSSR count). The van der Waals surface area contributed by atoms with Crippen molar-refractivity contribution >= 4 is 16.0 Å². The number of nitrogens with zero attached hydrogens (tertiary/aromatic N) is 1. The summed E-state index contributed by atoms with van der Waals surface area (Å²) in [6.07, 6.45) is 3.52. The zero-order chi connectivity index (χ0) is 15.6. The fraction of sp³-hybridized carbons (Fsp3) is 0.929. The lowest BCUT2D eigenvalue weighted by molar-refractivity contribution is -0.145. The summed E-state index contributed by atoms with van der Waals surface area (Å²) in [5, 5.41) is -0.639. The molecule has 4 atom stereocenters. The number of rotatable bonds is 4. The van der Waals surface area contributed by atoms with Gasteiger partial charge in [-0.3, -0.25) is 4.79 Å². The van der Waals surface area contributed by atoms with E-state index in [2.05, 4.69) is 23.6 Å². The Bertz CT molecular complexity index is 479. The minimum absolute atomic E-state index is 0.0277. The maximum atomic E-state index is 12.6. The van der Waals surface area contributed by atoms with E-state index in [0.29, 0.717) is 18.9 Å². The smallest absolute Gasteiger partial charge is 0.310 e. The number of carbonyl (C=O) groups is 1. The number of esters is 1. The van der Waals surface area contributed by atoms with E-state index < -0.39 is 27.2 Å². The van der Waals surface area contributed by atoms with Gasteiger partial charge in [0.25, 0.3) is 0 Å². The number of nitrogens with one attached hydrogen (secondary N) is 1. The Morgan fingerprint density at radius 3 is 2.62 bits per heavy atom. The van der Waals surface area contributed by atoms with Crippen LogP contribution in [0.5, 0.6) is 0 Å². The highest BCUT2D eigenvalue weighted by Crippen LogP contribution is 2.32. The molecule has 0 aromatic heterocycles. The summed E-state index contributed by atoms with van der Waals surface area (Å²) >= 11 is 0. The lowest BCUT2D eigenvalue weighted by Crippen LogP contribution is -2.50. The zero-order valence-electron chi connectivity index (χ0n) is 13.0. The molecule has 4 unspecified atom stereocenters. The van der Waals surface area contributed by atoms with Crippen LogP contribution in [0.25, 0.3) is 0 Å². The number of likely N-dealkylation sites (tertiary alicyclic amines) is 1. The van der Waals surface area contributed by atoms with Gasteiger partial charge in [0.1, 0.15) is 0 Å². The highest BCUT2D eigenvalue weighted by atomic mass is 32.2. The van der Waals surface area contributed by atoms with Crippen molar-refractivity contribution in [3.05, 3.63) is 0 Å². The molecule has 2 aliphatic rings. The van der Waals surface area contributed by atoms with E-state index in [1.807, 2.05) is 0 Å². The molecule has 1 saturated carbocycles. The number of carbonyl (C=O) groups excluding carboxylic acids is 1. The molecule has 0 spiro atoms. The SMILES string of the molecule is COC(=O)C1CCCC1S(=O)(=O)NC1CCN(C)C(C)C1. The minimum Gasteiger partial charge on any atom is -0.469 e. The number of piperidine rings is 1. The van der Waals surface area contributed by atoms with Crippen LogP contribution in [0.15, 0.2) is 0 Å². The lowest BCUT2D eigenvalue weighted by Gasteiger charge is -2.35. The van der Waals surface area contributed by atoms with Crippen molar-refractivity contribution in [3.63, 3.8) is 0 Å². The van der Waals surface area contributed by atoms with Crippen LogP contribution in [-0.4, -0.2) is 57.3 Å². The highest BCUT2D eigenvalue weighted by Gasteiger charge is 2.43. The Labute approximate surface area is 127 Å². The summed E-state index contributed by atoms with van der Waals surface area (Å²) in [6.45, 7) is 2.99. The molecule has 0 aromatic carbocycles. The van der Waals surface area contributed by atoms with E-state index in [1.54, 1.807) is 0 Å². The van der Waals surface area contributed by atoms with Crippen LogP contribution in [-0.2, 0) is 19.6 Å². The largest absolute Gasteiger partial charge is 0.469 e. The van der Waals surface area contributed by atoms with Gasteiger partial charge in [0.05, 0.1) is 18.3 Å². The van der Waals surface area contributed by atoms with Crippen molar-refractivity contribution in [1.82, 2.24) is 9.62 Å². The molecule has 0 radical (unpaired) electrons. The molecule has 0 bridgehead atoms. The van der Waals surface area contributed by atoms with Crippen molar-refractivity contribution in [1.29, 1.82) is 0 Å². The Balaban J connectivity index is 2.03. The van der Waals surface area contributed by atoms with E-state index in [4.69, 9.17) is 4.74 Å². The Kier molecular flexibility index (Phi) is 5.27. The highest BCUT2D eigenvalue weighted by molar-refractivity contribution is 7.90. The average molecular weight is 318 g/mol. The summed E-state index contributed by atoms with van der Waals surface area (Å²) in [6, 6.07) is 0.339. The molecule has 0 amide bonds. The molecule has 6 nitrogen and oxygen atoms in total. The molecular weight excluding hydrogens is 292 g/mol. The summed E-state index contributed by atoms with van der Waals surface area (Å²) in [4.78, 5) is 14.0. The summed E-state index contributed by atoms with van der Waals surface area (Å²) in [5.41, 5.74) is 0. The topological polar surface area (TPSA) is 75.7 Å². The Morgan fingerprint density at radius 2 is 2.00 bits per heavy atom. The number of hydrogen-bond donors (Lipinski definition) is 1. The first-order chi connectivity index (χ1) is 9.85. The van der Waals surface area contributed by atoms with Crippen LogP contribution in [0.2, 0.25) is 0 Å². The van der Waals surface area contributed by atoms with Crippen molar-refractivity contribution in [2.45, 2.75) is 56.4 Å². The molecule has 2 fully saturated rings. The Morgan fingerprint density at radius 1 is 1.29 bits per heavy atom. The second-order valence-electron chi connectivity index (χ2n) is 6.31. The standard InChI is InChI=1S/C14H26N2O4S/c1-10-9-11(7-8-16(10)2)15-21(18,19)13-6-4-5-12(13)14(17)20-3/h10-13,15H,4-9H2,1-3H3. The van der Waals surface area contributed by atoms with Crippen LogP contribution in [0, 0.1) is 5.92 Å². The third-order valence-electron chi connectivity index (χ3n) is 4.89. The summed E-state index contributed by atoms with van der Waals surface area (Å²) < 4.78 is 32.8. The minimum atomic E-state index is -3.47. The van der Waals surface area contributed by atoms with E-state index in [9.17, 15) is 13.2 Å². The van der Waals surface area contributed by atoms with Crippen molar-refractivity contribution < 1.29 is 17.9 Å². The van der Waals surface area contributed by atoms with Gasteiger partial charge < -0.3 is 9.64 Å². The van der Waals surface area contributed by atoms with E-state index in [0.717, 1.165) is 25.8 Å². The fourth-order valence-electron chi connectivity index (χ4n) is 3.43. The second kappa shape index (κ2) is 6.62. The van der Waals surface area contributed by atoms with Gasteiger partial charge >= 0.3 is 5.97 Å². The van der Waals surface area contributed by atoms with E-state index in [-0.39, 0.29) is 6.04 Å². The summed E-state index contributed by atoms with van der Waals surface area (Å²) in [7, 11) is -0.103. The van der Waals surface area contributed by atoms with Gasteiger partial charge in [-0.05, 0) is 46.2 Å². The van der Waals surface area contributed by atoms with Crippen LogP contribution >= 0.6 is 0 Å². The number of ether oxygens (including phenoxy) is 1. The van der Waals surface area contributed by atoms with Gasteiger partial charge in [-0.15, -0.1) is 0 Å². The van der Waals surface area contributed by atoms with Crippen LogP contribution in [0.1, 0.15) is 39.0 Å². The van der Waals surface area contributed by atoms with Gasteiger partial charge in [0, 0.05) is 12.1 Å². The van der Waals surface area contributed by atoms with Crippen molar-refractivity contribution in [2.24, 2.45) is 5.92 Å². The van der Waals surface area contributed by atoms with Gasteiger partial charge in [0.15, 0.2) is 0 Å². The predicted octanol–water partition coefficient (Wildman–Crippen LogP) is 0.730. The first-order valence-corrected chi connectivity index (χ1v) is 9.19. The second-order valence-corrected chi connectivity index (χ2v) is 8.24. The maximum absolute atomic E-state index is 12.6. The lowest BCUT2D eigenvalue weighted by atomic mass is 10.0. The molecule has 0 aromatic rings. The quantitative estimate of drug-likeness (QED) is 0.774. The average Bonchev–Trinajstić information content (AvgIpc) is 2.92. The third-order valence-corrected chi connectivity index (χ3v) is 6.92. The van der Waals surface area contributed by atoms with E-state index >= 15 is 0 Å². The molecule has 122 valence electrons. The zero-order valence-corrected chi connectivity index (χ0v) is 13.9. The molecule has 1 N–H and O–H groups in total. The van der Waals surface area contributed by atoms with Gasteiger partial charge in [0.2, 0.25) is 10.0 Å². The van der Waals surface area contributed by atoms with Gasteiger partial charge in [-0.25, -0.2) is 13.1 Å². The predicted molar refractivity (Wildman–Crippen MR) is 80.3 cm³/mol. The van der Waals surface area contributed by atoms with Gasteiger partial charge in [-0.1, -0.05) is 6.42 Å². The van der Waals surface area contributed by atoms with Crippen molar-refractivity contribution in [2.75, 3.05) is 20.7 Å². The van der Waals surface area contributed by atoms with Crippen molar-refractivity contribution in [3.8, 4) is 0 Å². The number of hydrogen-bond acceptors (Lipinski definition) is 5. The van der Waals surface area contributed by atoms with E-state index in [1.165, 1.54) is 7.11 Å². The monoisotopic (exact) mass is 318 g/mol. The first-order valence-electron chi connectivity index (χ1n) is 7.64. The van der Waals surface area contributed by atoms with Crippen LogP contribution < -0.4 is 4.72 Å². The molecule has 1 aliphatic carbocycles. The molecule has 1 saturated heterocycles. The number of methoxy groups -OCH3 is 1. The van der Waals surface area contributed by atoms with Crippen LogP contribution in [0.3, 0.4) is 0 Å². The third kappa shape index (κ3) is 3.76. The molecule has 21 heavy (non-hydrogen) atoms. The maximum Gasteiger partial charge on any atom is 0.310 e. The number of sulfonamides is 1. The first kappa shape index (κ1) is 16.7. The van der Waals surface area contributed by atoms with Gasteiger partial charge in [-0.2, -0.15) is 0 Å². The summed E-state index contributed by atoms with van der Waals surface area (Å²) in [5.74, 6) is -0.921.